The Morgan fingerprint density at radius 3 is 2.62 bits per heavy atom. The van der Waals surface area contributed by atoms with Crippen LogP contribution in [0.15, 0.2) is 0 Å². The monoisotopic (exact) mass is 161 g/mol. The zero-order valence-corrected chi connectivity index (χ0v) is 5.25. The summed E-state index contributed by atoms with van der Waals surface area (Å²) < 4.78 is 34.1. The Hall–Kier alpha value is 0.290. The van der Waals surface area contributed by atoms with Crippen molar-refractivity contribution in [1.29, 1.82) is 0 Å². The lowest BCUT2D eigenvalue weighted by Gasteiger charge is -2.03. The summed E-state index contributed by atoms with van der Waals surface area (Å²) in [5.74, 6) is 0. The molecule has 0 N–H and O–H groups in total. The highest BCUT2D eigenvalue weighted by molar-refractivity contribution is 7.74. The van der Waals surface area contributed by atoms with Crippen LogP contribution in [0.4, 0.5) is 4.39 Å². The highest BCUT2D eigenvalue weighted by Gasteiger charge is 1.98. The maximum Gasteiger partial charge on any atom is 0.197 e. The van der Waals surface area contributed by atoms with E-state index in [2.05, 4.69) is 15.8 Å². The lowest BCUT2D eigenvalue weighted by Crippen LogP contribution is -2.04. The van der Waals surface area contributed by atoms with Gasteiger partial charge in [0.05, 0.1) is 11.4 Å². The van der Waals surface area contributed by atoms with Gasteiger partial charge in [-0.25, -0.2) is 8.60 Å². The Morgan fingerprint density at radius 2 is 2.50 bits per heavy atom. The number of alkyl halides is 2. The van der Waals surface area contributed by atoms with E-state index in [0.717, 1.165) is 0 Å². The lowest BCUT2D eigenvalue weighted by molar-refractivity contribution is 0.244. The molecule has 0 aliphatic rings. The van der Waals surface area contributed by atoms with Crippen LogP contribution in [-0.4, -0.2) is 21.0 Å². The first-order valence-electron chi connectivity index (χ1n) is 1.63. The maximum absolute atomic E-state index is 11.4. The third kappa shape index (κ3) is 6.29. The van der Waals surface area contributed by atoms with Gasteiger partial charge in [0, 0.05) is 0 Å². The molecule has 0 aromatic heterocycles. The van der Waals surface area contributed by atoms with Gasteiger partial charge in [-0.15, -0.1) is 0 Å². The zero-order chi connectivity index (χ0) is 6.57. The molecule has 6 heteroatoms. The van der Waals surface area contributed by atoms with Crippen molar-refractivity contribution >= 4 is 23.0 Å². The molecular weight excluding hydrogens is 159 g/mol. The first kappa shape index (κ1) is 8.29. The third-order valence-corrected chi connectivity index (χ3v) is 0.745. The molecule has 0 radical (unpaired) electrons. The lowest BCUT2D eigenvalue weighted by atomic mass is 10.8. The molecule has 0 spiro atoms. The number of halogens is 2. The average Bonchev–Trinajstić information content (AvgIpc) is 1.61. The van der Waals surface area contributed by atoms with Crippen molar-refractivity contribution < 1.29 is 17.3 Å². The topological polar surface area (TPSA) is 49.4 Å². The minimum absolute atomic E-state index is 0.627. The van der Waals surface area contributed by atoms with E-state index in [0.29, 0.717) is 0 Å². The molecule has 3 nitrogen and oxygen atoms in total. The Bertz CT molecular complexity index is 87.4. The minimum Gasteiger partial charge on any atom is -0.750 e. The average molecular weight is 162 g/mol. The van der Waals surface area contributed by atoms with Crippen molar-refractivity contribution in [3.05, 3.63) is 0 Å². The number of hydrogen-bond donors (Lipinski definition) is 0. The van der Waals surface area contributed by atoms with Crippen LogP contribution in [0.1, 0.15) is 0 Å². The molecule has 0 aliphatic heterocycles. The predicted octanol–water partition coefficient (Wildman–Crippen LogP) is 0.332. The van der Waals surface area contributed by atoms with Gasteiger partial charge in [0.1, 0.15) is 6.61 Å². The molecule has 0 fully saturated rings. The quantitative estimate of drug-likeness (QED) is 0.443. The van der Waals surface area contributed by atoms with Crippen molar-refractivity contribution in [2.24, 2.45) is 0 Å². The Labute approximate surface area is 53.3 Å². The van der Waals surface area contributed by atoms with Crippen molar-refractivity contribution in [3.8, 4) is 0 Å². The maximum atomic E-state index is 11.4. The van der Waals surface area contributed by atoms with E-state index in [1.165, 1.54) is 0 Å². The molecule has 0 heterocycles. The predicted molar refractivity (Wildman–Crippen MR) is 25.6 cm³/mol. The first-order valence-corrected chi connectivity index (χ1v) is 3.07. The van der Waals surface area contributed by atoms with E-state index >= 15 is 0 Å². The molecule has 2 unspecified atom stereocenters. The fraction of sp³-hybridized carbons (Fsp3) is 1.00. The summed E-state index contributed by atoms with van der Waals surface area (Å²) in [6.45, 7) is -0.627. The second-order valence-corrected chi connectivity index (χ2v) is 2.00. The minimum atomic E-state index is -2.66. The van der Waals surface area contributed by atoms with Gasteiger partial charge in [-0.1, -0.05) is 11.6 Å². The van der Waals surface area contributed by atoms with Crippen molar-refractivity contribution in [1.82, 2.24) is 0 Å². The van der Waals surface area contributed by atoms with E-state index < -0.39 is 23.6 Å². The Kier molecular flexibility index (Phi) is 4.35. The summed E-state index contributed by atoms with van der Waals surface area (Å²) in [5.41, 5.74) is -1.76. The fourth-order valence-corrected chi connectivity index (χ4v) is 0.475. The highest BCUT2D eigenvalue weighted by Crippen LogP contribution is 1.96. The molecule has 0 aliphatic carbocycles. The van der Waals surface area contributed by atoms with Crippen LogP contribution in [0.25, 0.3) is 0 Å². The van der Waals surface area contributed by atoms with Gasteiger partial charge in [0.2, 0.25) is 0 Å². The second-order valence-electron chi connectivity index (χ2n) is 0.880. The van der Waals surface area contributed by atoms with E-state index in [-0.39, 0.29) is 0 Å². The van der Waals surface area contributed by atoms with Crippen LogP contribution in [0, 0.1) is 0 Å². The van der Waals surface area contributed by atoms with Gasteiger partial charge in [-0.3, -0.25) is 4.18 Å². The molecule has 0 aromatic carbocycles. The highest BCUT2D eigenvalue weighted by atomic mass is 35.5. The summed E-state index contributed by atoms with van der Waals surface area (Å²) in [7, 11) is 0. The first-order chi connectivity index (χ1) is 3.63. The second kappa shape index (κ2) is 4.20. The van der Waals surface area contributed by atoms with Crippen LogP contribution in [0.5, 0.6) is 0 Å². The van der Waals surface area contributed by atoms with Crippen molar-refractivity contribution in [3.63, 3.8) is 0 Å². The van der Waals surface area contributed by atoms with Crippen molar-refractivity contribution in [2.75, 3.05) is 6.61 Å². The van der Waals surface area contributed by atoms with Crippen LogP contribution in [-0.2, 0) is 15.5 Å². The Morgan fingerprint density at radius 1 is 2.00 bits per heavy atom. The molecule has 0 saturated heterocycles. The van der Waals surface area contributed by atoms with Crippen LogP contribution >= 0.6 is 11.6 Å². The largest absolute Gasteiger partial charge is 0.750 e. The summed E-state index contributed by atoms with van der Waals surface area (Å²) in [4.78, 5) is 0. The van der Waals surface area contributed by atoms with E-state index in [9.17, 15) is 13.2 Å². The zero-order valence-electron chi connectivity index (χ0n) is 3.67. The van der Waals surface area contributed by atoms with Crippen LogP contribution in [0.2, 0.25) is 0 Å². The van der Waals surface area contributed by atoms with Gasteiger partial charge in [-0.05, 0) is 0 Å². The molecule has 0 rings (SSSR count). The van der Waals surface area contributed by atoms with Gasteiger partial charge in [0.25, 0.3) is 0 Å². The van der Waals surface area contributed by atoms with Crippen LogP contribution < -0.4 is 0 Å². The molecule has 50 valence electrons. The smallest absolute Gasteiger partial charge is 0.197 e. The van der Waals surface area contributed by atoms with Gasteiger partial charge in [0.15, 0.2) is 5.63 Å². The summed E-state index contributed by atoms with van der Waals surface area (Å²) in [6, 6.07) is 0. The third-order valence-electron chi connectivity index (χ3n) is 0.290. The molecule has 0 aromatic rings. The molecule has 0 amide bonds. The Balaban J connectivity index is 3.05. The molecule has 8 heavy (non-hydrogen) atoms. The van der Waals surface area contributed by atoms with E-state index in [1.54, 1.807) is 0 Å². The van der Waals surface area contributed by atoms with Crippen LogP contribution in [0.3, 0.4) is 0 Å². The molecule has 0 saturated carbocycles. The fourth-order valence-electron chi connectivity index (χ4n) is 0.107. The summed E-state index contributed by atoms with van der Waals surface area (Å²) >= 11 is 2.00. The number of rotatable bonds is 3. The van der Waals surface area contributed by atoms with Gasteiger partial charge >= 0.3 is 0 Å². The van der Waals surface area contributed by atoms with E-state index in [4.69, 9.17) is 0 Å². The van der Waals surface area contributed by atoms with E-state index in [1.807, 2.05) is 0 Å². The molecular formula is C2H3ClFO3S-. The van der Waals surface area contributed by atoms with Gasteiger partial charge in [-0.2, -0.15) is 0 Å². The van der Waals surface area contributed by atoms with Crippen molar-refractivity contribution in [2.45, 2.75) is 5.63 Å². The normalized spacial score (nSPS) is 17.9. The van der Waals surface area contributed by atoms with Gasteiger partial charge < -0.3 is 4.55 Å². The molecule has 2 atom stereocenters. The summed E-state index contributed by atoms with van der Waals surface area (Å²) in [5, 5.41) is 0. The summed E-state index contributed by atoms with van der Waals surface area (Å²) in [6.07, 6.45) is 0. The SMILES string of the molecule is O=S([O-])OCC(F)Cl. The standard InChI is InChI=1S/C2H4ClFO3S/c3-2(4)1-7-8(5)6/h2H,1H2,(H,5,6)/p-1. The number of hydrogen-bond acceptors (Lipinski definition) is 3. The molecule has 0 bridgehead atoms.